The van der Waals surface area contributed by atoms with Crippen molar-refractivity contribution in [1.29, 1.82) is 0 Å². The molecule has 6 heteroatoms. The Kier molecular flexibility index (Phi) is 2.01. The van der Waals surface area contributed by atoms with Gasteiger partial charge in [-0.2, -0.15) is 5.10 Å². The lowest BCUT2D eigenvalue weighted by Gasteiger charge is -2.01. The van der Waals surface area contributed by atoms with Crippen molar-refractivity contribution >= 4 is 16.9 Å². The molecule has 3 heterocycles. The molecule has 0 aromatic carbocycles. The zero-order valence-electron chi connectivity index (χ0n) is 9.20. The summed E-state index contributed by atoms with van der Waals surface area (Å²) >= 11 is 0. The number of aryl methyl sites for hydroxylation is 1. The second kappa shape index (κ2) is 3.51. The minimum atomic E-state index is 0.390. The molecule has 0 atom stereocenters. The predicted octanol–water partition coefficient (Wildman–Crippen LogP) is 1.01. The summed E-state index contributed by atoms with van der Waals surface area (Å²) in [6.07, 6.45) is 6.94. The van der Waals surface area contributed by atoms with E-state index in [1.165, 1.54) is 0 Å². The first-order valence-corrected chi connectivity index (χ1v) is 5.10. The third-order valence-electron chi connectivity index (χ3n) is 2.49. The minimum Gasteiger partial charge on any atom is -0.382 e. The molecule has 0 radical (unpaired) electrons. The van der Waals surface area contributed by atoms with Crippen LogP contribution in [0.25, 0.3) is 22.3 Å². The van der Waals surface area contributed by atoms with Gasteiger partial charge in [-0.25, -0.2) is 9.97 Å². The Morgan fingerprint density at radius 1 is 1.24 bits per heavy atom. The maximum Gasteiger partial charge on any atom is 0.151 e. The Labute approximate surface area is 97.1 Å². The van der Waals surface area contributed by atoms with Crippen LogP contribution in [-0.2, 0) is 7.05 Å². The van der Waals surface area contributed by atoms with Gasteiger partial charge in [-0.05, 0) is 6.07 Å². The lowest BCUT2D eigenvalue weighted by molar-refractivity contribution is 0.768. The van der Waals surface area contributed by atoms with Crippen LogP contribution < -0.4 is 5.73 Å². The van der Waals surface area contributed by atoms with Crippen LogP contribution in [0.5, 0.6) is 0 Å². The van der Waals surface area contributed by atoms with Gasteiger partial charge in [0, 0.05) is 25.0 Å². The van der Waals surface area contributed by atoms with Crippen molar-refractivity contribution in [3.05, 3.63) is 30.9 Å². The Balaban J connectivity index is 2.22. The zero-order chi connectivity index (χ0) is 11.8. The second-order valence-electron chi connectivity index (χ2n) is 3.72. The number of rotatable bonds is 1. The highest BCUT2D eigenvalue weighted by molar-refractivity contribution is 5.85. The van der Waals surface area contributed by atoms with E-state index < -0.39 is 0 Å². The van der Waals surface area contributed by atoms with Crippen LogP contribution in [0.1, 0.15) is 0 Å². The molecule has 0 aliphatic carbocycles. The molecule has 84 valence electrons. The number of anilines is 1. The maximum atomic E-state index is 5.77. The summed E-state index contributed by atoms with van der Waals surface area (Å²) in [5, 5.41) is 4.10. The molecule has 0 aliphatic rings. The Morgan fingerprint density at radius 3 is 2.88 bits per heavy atom. The summed E-state index contributed by atoms with van der Waals surface area (Å²) in [7, 11) is 1.86. The van der Waals surface area contributed by atoms with E-state index in [-0.39, 0.29) is 0 Å². The second-order valence-corrected chi connectivity index (χ2v) is 3.72. The van der Waals surface area contributed by atoms with Crippen LogP contribution in [0.3, 0.4) is 0 Å². The Bertz CT molecular complexity index is 687. The number of nitrogens with zero attached hydrogens (tertiary/aromatic N) is 5. The van der Waals surface area contributed by atoms with Gasteiger partial charge in [0.05, 0.1) is 23.6 Å². The van der Waals surface area contributed by atoms with Crippen molar-refractivity contribution in [3.8, 4) is 11.3 Å². The van der Waals surface area contributed by atoms with E-state index in [1.807, 2.05) is 13.2 Å². The fourth-order valence-corrected chi connectivity index (χ4v) is 1.65. The van der Waals surface area contributed by atoms with Gasteiger partial charge in [-0.1, -0.05) is 0 Å². The first-order valence-electron chi connectivity index (χ1n) is 5.10. The summed E-state index contributed by atoms with van der Waals surface area (Å²) in [4.78, 5) is 12.8. The van der Waals surface area contributed by atoms with Gasteiger partial charge in [0.25, 0.3) is 0 Å². The lowest BCUT2D eigenvalue weighted by Crippen LogP contribution is -1.95. The minimum absolute atomic E-state index is 0.390. The molecular weight excluding hydrogens is 216 g/mol. The molecule has 0 aliphatic heterocycles. The quantitative estimate of drug-likeness (QED) is 0.669. The average molecular weight is 226 g/mol. The molecule has 0 spiro atoms. The number of nitrogens with two attached hydrogens (primary N) is 1. The topological polar surface area (TPSA) is 82.5 Å². The van der Waals surface area contributed by atoms with Gasteiger partial charge in [0.2, 0.25) is 0 Å². The molecule has 17 heavy (non-hydrogen) atoms. The third-order valence-corrected chi connectivity index (χ3v) is 2.49. The van der Waals surface area contributed by atoms with Crippen molar-refractivity contribution in [2.24, 2.45) is 7.05 Å². The molecule has 2 N–H and O–H groups in total. The van der Waals surface area contributed by atoms with Gasteiger partial charge in [-0.3, -0.25) is 9.67 Å². The molecule has 0 unspecified atom stereocenters. The SMILES string of the molecule is Cn1cc(-c2cnc3ccnc(N)c3n2)cn1. The van der Waals surface area contributed by atoms with Crippen molar-refractivity contribution in [1.82, 2.24) is 24.7 Å². The largest absolute Gasteiger partial charge is 0.382 e. The monoisotopic (exact) mass is 226 g/mol. The van der Waals surface area contributed by atoms with E-state index in [4.69, 9.17) is 5.73 Å². The van der Waals surface area contributed by atoms with Crippen LogP contribution >= 0.6 is 0 Å². The summed E-state index contributed by atoms with van der Waals surface area (Å²) in [5.41, 5.74) is 8.78. The van der Waals surface area contributed by atoms with Crippen LogP contribution in [0.4, 0.5) is 5.82 Å². The number of hydrogen-bond donors (Lipinski definition) is 1. The van der Waals surface area contributed by atoms with Crippen LogP contribution in [0, 0.1) is 0 Å². The van der Waals surface area contributed by atoms with Gasteiger partial charge in [0.15, 0.2) is 5.82 Å². The summed E-state index contributed by atoms with van der Waals surface area (Å²) < 4.78 is 1.72. The van der Waals surface area contributed by atoms with Gasteiger partial charge in [-0.15, -0.1) is 0 Å². The van der Waals surface area contributed by atoms with Gasteiger partial charge < -0.3 is 5.73 Å². The highest BCUT2D eigenvalue weighted by atomic mass is 15.2. The molecule has 3 aromatic heterocycles. The lowest BCUT2D eigenvalue weighted by atomic mass is 10.2. The first kappa shape index (κ1) is 9.71. The van der Waals surface area contributed by atoms with Crippen molar-refractivity contribution in [2.75, 3.05) is 5.73 Å². The zero-order valence-corrected chi connectivity index (χ0v) is 9.20. The van der Waals surface area contributed by atoms with Crippen LogP contribution in [-0.4, -0.2) is 24.7 Å². The fraction of sp³-hybridized carbons (Fsp3) is 0.0909. The van der Waals surface area contributed by atoms with E-state index in [2.05, 4.69) is 20.1 Å². The van der Waals surface area contributed by atoms with Gasteiger partial charge in [0.1, 0.15) is 5.52 Å². The van der Waals surface area contributed by atoms with Crippen molar-refractivity contribution in [2.45, 2.75) is 0 Å². The number of aromatic nitrogens is 5. The van der Waals surface area contributed by atoms with E-state index in [0.717, 1.165) is 16.8 Å². The average Bonchev–Trinajstić information content (AvgIpc) is 2.76. The summed E-state index contributed by atoms with van der Waals surface area (Å²) in [6.45, 7) is 0. The molecule has 0 saturated carbocycles. The van der Waals surface area contributed by atoms with Crippen LogP contribution in [0.2, 0.25) is 0 Å². The molecule has 0 amide bonds. The first-order chi connectivity index (χ1) is 8.24. The van der Waals surface area contributed by atoms with Crippen LogP contribution in [0.15, 0.2) is 30.9 Å². The molecular formula is C11H10N6. The van der Waals surface area contributed by atoms with E-state index in [0.29, 0.717) is 11.3 Å². The highest BCUT2D eigenvalue weighted by Crippen LogP contribution is 2.20. The van der Waals surface area contributed by atoms with E-state index in [1.54, 1.807) is 29.3 Å². The molecule has 3 rings (SSSR count). The van der Waals surface area contributed by atoms with Gasteiger partial charge >= 0.3 is 0 Å². The number of nitrogen functional groups attached to an aromatic ring is 1. The molecule has 0 saturated heterocycles. The highest BCUT2D eigenvalue weighted by Gasteiger charge is 2.06. The Morgan fingerprint density at radius 2 is 2.12 bits per heavy atom. The fourth-order valence-electron chi connectivity index (χ4n) is 1.65. The number of pyridine rings is 1. The Hall–Kier alpha value is -2.50. The number of fused-ring (bicyclic) bond motifs is 1. The molecule has 3 aromatic rings. The maximum absolute atomic E-state index is 5.77. The predicted molar refractivity (Wildman–Crippen MR) is 63.9 cm³/mol. The smallest absolute Gasteiger partial charge is 0.151 e. The normalized spacial score (nSPS) is 10.9. The summed E-state index contributed by atoms with van der Waals surface area (Å²) in [6, 6.07) is 1.78. The van der Waals surface area contributed by atoms with E-state index >= 15 is 0 Å². The molecule has 0 bridgehead atoms. The third kappa shape index (κ3) is 1.59. The van der Waals surface area contributed by atoms with E-state index in [9.17, 15) is 0 Å². The molecule has 0 fully saturated rings. The molecule has 6 nitrogen and oxygen atoms in total. The van der Waals surface area contributed by atoms with Crippen molar-refractivity contribution < 1.29 is 0 Å². The number of hydrogen-bond acceptors (Lipinski definition) is 5. The summed E-state index contributed by atoms with van der Waals surface area (Å²) in [5.74, 6) is 0.390. The standard InChI is InChI=1S/C11H10N6/c1-17-6-7(4-15-17)9-5-14-8-2-3-13-11(12)10(8)16-9/h2-6H,1H3,(H2,12,13). The van der Waals surface area contributed by atoms with Crippen molar-refractivity contribution in [3.63, 3.8) is 0 Å².